The summed E-state index contributed by atoms with van der Waals surface area (Å²) in [5.74, 6) is -1.41. The molecular weight excluding hydrogens is 430 g/mol. The zero-order valence-electron chi connectivity index (χ0n) is 17.3. The van der Waals surface area contributed by atoms with Crippen LogP contribution in [0.3, 0.4) is 0 Å². The van der Waals surface area contributed by atoms with Crippen LogP contribution < -0.4 is 5.32 Å². The third-order valence-electron chi connectivity index (χ3n) is 5.62. The molecular formula is C22H21F4N3O3. The Balaban J connectivity index is 1.56. The van der Waals surface area contributed by atoms with Gasteiger partial charge in [-0.05, 0) is 62.6 Å². The van der Waals surface area contributed by atoms with E-state index in [0.717, 1.165) is 6.07 Å². The number of alkyl halides is 3. The largest absolute Gasteiger partial charge is 0.508 e. The normalized spacial score (nSPS) is 15.7. The number of hydrogen-bond acceptors (Lipinski definition) is 4. The topological polar surface area (TPSA) is 98.2 Å². The number of rotatable bonds is 5. The number of hydrogen-bond donors (Lipinski definition) is 4. The van der Waals surface area contributed by atoms with Crippen LogP contribution in [0.4, 0.5) is 17.6 Å². The number of carbonyl (C=O) groups excluding carboxylic acids is 1. The average Bonchev–Trinajstić information content (AvgIpc) is 3.35. The number of phenols is 1. The van der Waals surface area contributed by atoms with Crippen molar-refractivity contribution >= 4 is 16.9 Å². The molecule has 10 heteroatoms. The highest BCUT2D eigenvalue weighted by molar-refractivity contribution is 5.98. The number of carbonyl (C=O) groups is 1. The van der Waals surface area contributed by atoms with Crippen LogP contribution in [0.2, 0.25) is 0 Å². The van der Waals surface area contributed by atoms with Crippen molar-refractivity contribution in [2.24, 2.45) is 0 Å². The molecule has 0 bridgehead atoms. The number of fused-ring (bicyclic) bond motifs is 1. The van der Waals surface area contributed by atoms with Crippen LogP contribution in [-0.4, -0.2) is 37.8 Å². The van der Waals surface area contributed by atoms with Crippen molar-refractivity contribution in [2.75, 3.05) is 0 Å². The van der Waals surface area contributed by atoms with E-state index in [0.29, 0.717) is 16.9 Å². The van der Waals surface area contributed by atoms with E-state index in [1.807, 2.05) is 0 Å². The lowest BCUT2D eigenvalue weighted by Gasteiger charge is -2.20. The van der Waals surface area contributed by atoms with Gasteiger partial charge in [0.05, 0.1) is 16.6 Å². The maximum Gasteiger partial charge on any atom is 0.411 e. The molecule has 0 unspecified atom stereocenters. The van der Waals surface area contributed by atoms with Gasteiger partial charge in [-0.3, -0.25) is 4.79 Å². The van der Waals surface area contributed by atoms with Gasteiger partial charge < -0.3 is 20.5 Å². The summed E-state index contributed by atoms with van der Waals surface area (Å²) in [6, 6.07) is 6.53. The molecule has 0 atom stereocenters. The Morgan fingerprint density at radius 3 is 2.50 bits per heavy atom. The van der Waals surface area contributed by atoms with Gasteiger partial charge in [0.25, 0.3) is 5.91 Å². The molecule has 4 rings (SSSR count). The number of nitrogens with one attached hydrogen (secondary N) is 2. The first-order valence-electron chi connectivity index (χ1n) is 9.91. The lowest BCUT2D eigenvalue weighted by Crippen LogP contribution is -2.47. The smallest absolute Gasteiger partial charge is 0.411 e. The van der Waals surface area contributed by atoms with Gasteiger partial charge in [0.15, 0.2) is 0 Å². The molecule has 1 amide bonds. The minimum absolute atomic E-state index is 0.0150. The number of H-pyrrole nitrogens is 1. The lowest BCUT2D eigenvalue weighted by atomic mass is 9.95. The van der Waals surface area contributed by atoms with Crippen molar-refractivity contribution in [1.82, 2.24) is 15.3 Å². The van der Waals surface area contributed by atoms with E-state index in [4.69, 9.17) is 0 Å². The van der Waals surface area contributed by atoms with Crippen LogP contribution in [0.1, 0.15) is 54.0 Å². The summed E-state index contributed by atoms with van der Waals surface area (Å²) >= 11 is 0. The molecule has 1 aromatic heterocycles. The molecule has 1 aliphatic rings. The van der Waals surface area contributed by atoms with Crippen LogP contribution in [0.15, 0.2) is 30.3 Å². The fourth-order valence-corrected chi connectivity index (χ4v) is 3.59. The number of amides is 1. The first-order valence-corrected chi connectivity index (χ1v) is 9.91. The van der Waals surface area contributed by atoms with E-state index in [1.54, 1.807) is 0 Å². The monoisotopic (exact) mass is 451 g/mol. The number of aliphatic hydroxyl groups is 1. The van der Waals surface area contributed by atoms with Crippen LogP contribution in [0.25, 0.3) is 11.0 Å². The zero-order valence-corrected chi connectivity index (χ0v) is 17.3. The van der Waals surface area contributed by atoms with Gasteiger partial charge in [-0.2, -0.15) is 13.2 Å². The van der Waals surface area contributed by atoms with Crippen molar-refractivity contribution < 1.29 is 32.6 Å². The Hall–Kier alpha value is -3.14. The second kappa shape index (κ2) is 7.19. The molecule has 1 fully saturated rings. The van der Waals surface area contributed by atoms with E-state index < -0.39 is 29.0 Å². The van der Waals surface area contributed by atoms with E-state index >= 15 is 0 Å². The first-order chi connectivity index (χ1) is 14.8. The summed E-state index contributed by atoms with van der Waals surface area (Å²) < 4.78 is 53.8. The Bertz CT molecular complexity index is 1210. The number of aromatic hydroxyl groups is 1. The van der Waals surface area contributed by atoms with Crippen LogP contribution >= 0.6 is 0 Å². The van der Waals surface area contributed by atoms with Gasteiger partial charge in [0.2, 0.25) is 0 Å². The fraction of sp³-hybridized carbons (Fsp3) is 0.364. The molecule has 170 valence electrons. The number of aromatic nitrogens is 2. The summed E-state index contributed by atoms with van der Waals surface area (Å²) in [4.78, 5) is 19.6. The van der Waals surface area contributed by atoms with Gasteiger partial charge in [0, 0.05) is 17.5 Å². The van der Waals surface area contributed by atoms with E-state index in [2.05, 4.69) is 15.3 Å². The predicted octanol–water partition coefficient (Wildman–Crippen LogP) is 4.05. The highest BCUT2D eigenvalue weighted by atomic mass is 19.4. The summed E-state index contributed by atoms with van der Waals surface area (Å²) in [6.07, 6.45) is -4.83. The molecule has 32 heavy (non-hydrogen) atoms. The fourth-order valence-electron chi connectivity index (χ4n) is 3.59. The molecule has 2 aromatic carbocycles. The number of nitrogens with zero attached hydrogens (tertiary/aromatic N) is 1. The van der Waals surface area contributed by atoms with Gasteiger partial charge in [0.1, 0.15) is 22.9 Å². The molecule has 0 radical (unpaired) electrons. The maximum absolute atomic E-state index is 14.5. The van der Waals surface area contributed by atoms with Crippen LogP contribution in [0.5, 0.6) is 5.75 Å². The number of halogens is 4. The second-order valence-electron chi connectivity index (χ2n) is 8.65. The van der Waals surface area contributed by atoms with E-state index in [9.17, 15) is 32.6 Å². The molecule has 0 aliphatic heterocycles. The third kappa shape index (κ3) is 4.02. The van der Waals surface area contributed by atoms with Crippen molar-refractivity contribution in [3.8, 4) is 5.75 Å². The highest BCUT2D eigenvalue weighted by Gasteiger charge is 2.64. The quantitative estimate of drug-likeness (QED) is 0.440. The second-order valence-corrected chi connectivity index (χ2v) is 8.65. The molecule has 3 aromatic rings. The van der Waals surface area contributed by atoms with Gasteiger partial charge in [-0.15, -0.1) is 0 Å². The standard InChI is InChI=1S/C22H21F4N3O3/c1-20(2,32)13-10-14(23)12(8-17(13)30)9-18-27-15-4-3-11(7-16(15)28-18)19(31)29-21(5-6-21)22(24,25)26/h3-4,7-8,10,30,32H,5-6,9H2,1-2H3,(H,27,28)(H,29,31). The van der Waals surface area contributed by atoms with Crippen molar-refractivity contribution in [1.29, 1.82) is 0 Å². The van der Waals surface area contributed by atoms with Gasteiger partial charge in [-0.25, -0.2) is 9.37 Å². The maximum atomic E-state index is 14.5. The van der Waals surface area contributed by atoms with Crippen molar-refractivity contribution in [3.63, 3.8) is 0 Å². The van der Waals surface area contributed by atoms with E-state index in [-0.39, 0.29) is 41.7 Å². The average molecular weight is 451 g/mol. The number of phenolic OH excluding ortho intramolecular Hbond substituents is 1. The van der Waals surface area contributed by atoms with Gasteiger partial charge >= 0.3 is 6.18 Å². The Morgan fingerprint density at radius 2 is 1.91 bits per heavy atom. The molecule has 1 heterocycles. The van der Waals surface area contributed by atoms with E-state index in [1.165, 1.54) is 38.1 Å². The lowest BCUT2D eigenvalue weighted by molar-refractivity contribution is -0.163. The molecule has 0 spiro atoms. The summed E-state index contributed by atoms with van der Waals surface area (Å²) in [7, 11) is 0. The third-order valence-corrected chi connectivity index (χ3v) is 5.62. The highest BCUT2D eigenvalue weighted by Crippen LogP contribution is 2.49. The Morgan fingerprint density at radius 1 is 1.22 bits per heavy atom. The minimum atomic E-state index is -4.51. The van der Waals surface area contributed by atoms with Gasteiger partial charge in [-0.1, -0.05) is 0 Å². The van der Waals surface area contributed by atoms with Crippen LogP contribution in [0, 0.1) is 5.82 Å². The first kappa shape index (κ1) is 22.1. The van der Waals surface area contributed by atoms with Crippen LogP contribution in [-0.2, 0) is 12.0 Å². The summed E-state index contributed by atoms with van der Waals surface area (Å²) in [5.41, 5.74) is -2.52. The molecule has 0 saturated heterocycles. The Labute approximate surface area is 180 Å². The number of imidazole rings is 1. The zero-order chi connectivity index (χ0) is 23.5. The number of benzene rings is 2. The SMILES string of the molecule is CC(C)(O)c1cc(F)c(Cc2nc3cc(C(=O)NC4(C(F)(F)F)CC4)ccc3[nH]2)cc1O. The minimum Gasteiger partial charge on any atom is -0.508 e. The molecule has 4 N–H and O–H groups in total. The summed E-state index contributed by atoms with van der Waals surface area (Å²) in [5, 5.41) is 22.2. The predicted molar refractivity (Wildman–Crippen MR) is 108 cm³/mol. The van der Waals surface area contributed by atoms with Crippen molar-refractivity contribution in [3.05, 3.63) is 58.7 Å². The van der Waals surface area contributed by atoms with Crippen molar-refractivity contribution in [2.45, 2.75) is 50.4 Å². The Kier molecular flexibility index (Phi) is 4.96. The molecule has 6 nitrogen and oxygen atoms in total. The molecule has 1 aliphatic carbocycles. The molecule has 1 saturated carbocycles. The summed E-state index contributed by atoms with van der Waals surface area (Å²) in [6.45, 7) is 2.85. The number of aromatic amines is 1.